The van der Waals surface area contributed by atoms with Gasteiger partial charge in [0.05, 0.1) is 5.92 Å². The van der Waals surface area contributed by atoms with Crippen molar-refractivity contribution in [1.82, 2.24) is 4.98 Å². The van der Waals surface area contributed by atoms with E-state index in [-0.39, 0.29) is 24.3 Å². The fourth-order valence-corrected chi connectivity index (χ4v) is 3.24. The smallest absolute Gasteiger partial charge is 0.309 e. The van der Waals surface area contributed by atoms with Gasteiger partial charge in [-0.15, -0.1) is 0 Å². The topological polar surface area (TPSA) is 59.2 Å². The van der Waals surface area contributed by atoms with Crippen LogP contribution in [0.5, 0.6) is 0 Å². The van der Waals surface area contributed by atoms with Crippen LogP contribution in [0.2, 0.25) is 0 Å². The molecule has 1 aromatic heterocycles. The molecule has 0 unspecified atom stereocenters. The van der Waals surface area contributed by atoms with Gasteiger partial charge in [-0.25, -0.2) is 0 Å². The molecule has 0 spiro atoms. The number of aromatic amines is 1. The van der Waals surface area contributed by atoms with Gasteiger partial charge in [0.25, 0.3) is 0 Å². The summed E-state index contributed by atoms with van der Waals surface area (Å²) in [5.74, 6) is -0.381. The number of Topliss-reactive ketones (excluding diaryl/α,β-unsaturated/α-hetero) is 1. The molecule has 116 valence electrons. The summed E-state index contributed by atoms with van der Waals surface area (Å²) in [6, 6.07) is 5.93. The second-order valence-electron chi connectivity index (χ2n) is 5.91. The Labute approximate surface area is 129 Å². The summed E-state index contributed by atoms with van der Waals surface area (Å²) < 4.78 is 5.21. The lowest BCUT2D eigenvalue weighted by molar-refractivity contribution is -0.147. The van der Waals surface area contributed by atoms with Gasteiger partial charge in [-0.3, -0.25) is 9.59 Å². The minimum atomic E-state index is -0.222. The Morgan fingerprint density at radius 2 is 2.05 bits per heavy atom. The van der Waals surface area contributed by atoms with Crippen molar-refractivity contribution in [3.8, 4) is 0 Å². The van der Waals surface area contributed by atoms with Crippen molar-refractivity contribution in [2.24, 2.45) is 5.92 Å². The predicted octanol–water partition coefficient (Wildman–Crippen LogP) is 3.65. The number of rotatable bonds is 5. The van der Waals surface area contributed by atoms with Crippen LogP contribution in [0.1, 0.15) is 48.5 Å². The van der Waals surface area contributed by atoms with E-state index >= 15 is 0 Å². The number of hydrogen-bond acceptors (Lipinski definition) is 3. The van der Waals surface area contributed by atoms with E-state index in [0.29, 0.717) is 5.56 Å². The van der Waals surface area contributed by atoms with E-state index in [1.54, 1.807) is 6.20 Å². The predicted molar refractivity (Wildman–Crippen MR) is 84.9 cm³/mol. The molecule has 1 aromatic carbocycles. The zero-order valence-electron chi connectivity index (χ0n) is 12.9. The number of hydrogen-bond donors (Lipinski definition) is 1. The Bertz CT molecular complexity index is 695. The quantitative estimate of drug-likeness (QED) is 0.677. The van der Waals surface area contributed by atoms with Gasteiger partial charge in [0.2, 0.25) is 5.78 Å². The molecule has 0 radical (unpaired) electrons. The zero-order chi connectivity index (χ0) is 15.5. The minimum Gasteiger partial charge on any atom is -0.457 e. The van der Waals surface area contributed by atoms with Crippen LogP contribution >= 0.6 is 0 Å². The first-order chi connectivity index (χ1) is 10.7. The number of H-pyrrole nitrogens is 1. The number of nitrogens with one attached hydrogen (secondary N) is 1. The lowest BCUT2D eigenvalue weighted by Gasteiger charge is -2.08. The van der Waals surface area contributed by atoms with Crippen LogP contribution < -0.4 is 0 Å². The number of carbonyl (C=O) groups excluding carboxylic acids is 2. The Morgan fingerprint density at radius 1 is 1.27 bits per heavy atom. The Kier molecular flexibility index (Phi) is 4.27. The van der Waals surface area contributed by atoms with Gasteiger partial charge >= 0.3 is 5.97 Å². The zero-order valence-corrected chi connectivity index (χ0v) is 12.9. The maximum absolute atomic E-state index is 12.3. The number of fused-ring (bicyclic) bond motifs is 1. The number of para-hydroxylation sites is 1. The summed E-state index contributed by atoms with van der Waals surface area (Å²) in [5.41, 5.74) is 2.78. The molecule has 2 aromatic rings. The minimum absolute atomic E-state index is 0.0116. The van der Waals surface area contributed by atoms with Gasteiger partial charge in [-0.05, 0) is 24.8 Å². The maximum Gasteiger partial charge on any atom is 0.309 e. The van der Waals surface area contributed by atoms with Crippen molar-refractivity contribution < 1.29 is 14.3 Å². The summed E-state index contributed by atoms with van der Waals surface area (Å²) in [7, 11) is 0. The van der Waals surface area contributed by atoms with Gasteiger partial charge < -0.3 is 9.72 Å². The molecule has 4 nitrogen and oxygen atoms in total. The first kappa shape index (κ1) is 14.8. The number of ketones is 1. The van der Waals surface area contributed by atoms with Crippen LogP contribution in [0.25, 0.3) is 10.9 Å². The number of benzene rings is 1. The number of carbonyl (C=O) groups is 2. The summed E-state index contributed by atoms with van der Waals surface area (Å²) in [6.45, 7) is 1.92. The van der Waals surface area contributed by atoms with E-state index in [1.165, 1.54) is 5.56 Å². The van der Waals surface area contributed by atoms with E-state index in [4.69, 9.17) is 4.74 Å². The lowest BCUT2D eigenvalue weighted by atomic mass is 10.1. The molecule has 1 aliphatic carbocycles. The molecule has 3 rings (SSSR count). The second kappa shape index (κ2) is 6.34. The third-order valence-electron chi connectivity index (χ3n) is 4.52. The highest BCUT2D eigenvalue weighted by Crippen LogP contribution is 2.26. The van der Waals surface area contributed by atoms with Crippen LogP contribution in [-0.2, 0) is 16.0 Å². The van der Waals surface area contributed by atoms with Crippen LogP contribution in [0.15, 0.2) is 24.4 Å². The first-order valence-electron chi connectivity index (χ1n) is 7.99. The van der Waals surface area contributed by atoms with Crippen molar-refractivity contribution in [3.05, 3.63) is 35.5 Å². The summed E-state index contributed by atoms with van der Waals surface area (Å²) in [6.07, 6.45) is 6.56. The van der Waals surface area contributed by atoms with E-state index in [2.05, 4.69) is 11.9 Å². The number of ether oxygens (including phenoxy) is 1. The molecule has 22 heavy (non-hydrogen) atoms. The summed E-state index contributed by atoms with van der Waals surface area (Å²) >= 11 is 0. The number of esters is 1. The molecule has 1 saturated carbocycles. The van der Waals surface area contributed by atoms with E-state index in [1.807, 2.05) is 18.2 Å². The first-order valence-corrected chi connectivity index (χ1v) is 7.99. The summed E-state index contributed by atoms with van der Waals surface area (Å²) in [4.78, 5) is 27.4. The van der Waals surface area contributed by atoms with Crippen LogP contribution in [-0.4, -0.2) is 23.3 Å². The van der Waals surface area contributed by atoms with Crippen LogP contribution in [0, 0.1) is 5.92 Å². The summed E-state index contributed by atoms with van der Waals surface area (Å²) in [5, 5.41) is 0.904. The average Bonchev–Trinajstić information content (AvgIpc) is 3.20. The Morgan fingerprint density at radius 3 is 2.77 bits per heavy atom. The highest BCUT2D eigenvalue weighted by atomic mass is 16.5. The molecule has 0 amide bonds. The molecule has 1 heterocycles. The highest BCUT2D eigenvalue weighted by molar-refractivity contribution is 6.09. The normalized spacial score (nSPS) is 15.3. The molecular weight excluding hydrogens is 278 g/mol. The lowest BCUT2D eigenvalue weighted by Crippen LogP contribution is -2.19. The van der Waals surface area contributed by atoms with Gasteiger partial charge in [0.1, 0.15) is 0 Å². The molecule has 0 atom stereocenters. The molecule has 0 bridgehead atoms. The third kappa shape index (κ3) is 2.78. The van der Waals surface area contributed by atoms with Crippen molar-refractivity contribution in [3.63, 3.8) is 0 Å². The fourth-order valence-electron chi connectivity index (χ4n) is 3.24. The average molecular weight is 299 g/mol. The molecule has 1 aliphatic rings. The van der Waals surface area contributed by atoms with E-state index in [9.17, 15) is 9.59 Å². The van der Waals surface area contributed by atoms with Gasteiger partial charge in [-0.2, -0.15) is 0 Å². The van der Waals surface area contributed by atoms with Crippen molar-refractivity contribution in [2.75, 3.05) is 6.61 Å². The largest absolute Gasteiger partial charge is 0.457 e. The molecule has 0 aliphatic heterocycles. The van der Waals surface area contributed by atoms with E-state index in [0.717, 1.165) is 43.0 Å². The monoisotopic (exact) mass is 299 g/mol. The number of aromatic nitrogens is 1. The van der Waals surface area contributed by atoms with Crippen molar-refractivity contribution >= 4 is 22.7 Å². The molecule has 4 heteroatoms. The Balaban J connectivity index is 1.71. The standard InChI is InChI=1S/C18H21NO3/c1-2-12-8-5-9-14-15(10-19-17(12)14)16(20)11-22-18(21)13-6-3-4-7-13/h5,8-10,13,19H,2-4,6-7,11H2,1H3. The maximum atomic E-state index is 12.3. The van der Waals surface area contributed by atoms with Crippen molar-refractivity contribution in [2.45, 2.75) is 39.0 Å². The second-order valence-corrected chi connectivity index (χ2v) is 5.91. The van der Waals surface area contributed by atoms with Crippen molar-refractivity contribution in [1.29, 1.82) is 0 Å². The molecule has 0 saturated heterocycles. The SMILES string of the molecule is CCc1cccc2c(C(=O)COC(=O)C3CCCC3)c[nH]c12. The Hall–Kier alpha value is -2.10. The van der Waals surface area contributed by atoms with Crippen LogP contribution in [0.4, 0.5) is 0 Å². The van der Waals surface area contributed by atoms with Gasteiger partial charge in [0.15, 0.2) is 6.61 Å². The fraction of sp³-hybridized carbons (Fsp3) is 0.444. The van der Waals surface area contributed by atoms with Crippen LogP contribution in [0.3, 0.4) is 0 Å². The third-order valence-corrected chi connectivity index (χ3v) is 4.52. The van der Waals surface area contributed by atoms with Gasteiger partial charge in [-0.1, -0.05) is 38.0 Å². The molecular formula is C18H21NO3. The molecule has 1 fully saturated rings. The van der Waals surface area contributed by atoms with Gasteiger partial charge in [0, 0.05) is 22.7 Å². The highest BCUT2D eigenvalue weighted by Gasteiger charge is 2.25. The number of aryl methyl sites for hydroxylation is 1. The van der Waals surface area contributed by atoms with E-state index < -0.39 is 0 Å². The molecule has 1 N–H and O–H groups in total.